The van der Waals surface area contributed by atoms with Crippen molar-refractivity contribution in [2.75, 3.05) is 5.75 Å². The smallest absolute Gasteiger partial charge is 0.0263 e. The highest BCUT2D eigenvalue weighted by Crippen LogP contribution is 2.18. The molecular formula is C12H22S. The Hall–Kier alpha value is -0.170. The number of hydrogen-bond donors (Lipinski definition) is 0. The van der Waals surface area contributed by atoms with E-state index in [1.165, 1.54) is 23.3 Å². The fourth-order valence-corrected chi connectivity index (χ4v) is 2.15. The lowest BCUT2D eigenvalue weighted by atomic mass is 10.2. The molecule has 1 atom stereocenters. The van der Waals surface area contributed by atoms with Gasteiger partial charge in [-0.1, -0.05) is 30.2 Å². The Morgan fingerprint density at radius 3 is 2.15 bits per heavy atom. The minimum Gasteiger partial charge on any atom is -0.154 e. The number of allylic oxidation sites excluding steroid dienone is 3. The third-order valence-corrected chi connectivity index (χ3v) is 2.75. The van der Waals surface area contributed by atoms with Crippen LogP contribution in [-0.4, -0.2) is 11.0 Å². The van der Waals surface area contributed by atoms with Gasteiger partial charge in [-0.15, -0.1) is 0 Å². The van der Waals surface area contributed by atoms with Crippen molar-refractivity contribution in [3.8, 4) is 0 Å². The van der Waals surface area contributed by atoms with E-state index in [1.54, 1.807) is 0 Å². The van der Waals surface area contributed by atoms with Gasteiger partial charge in [0.25, 0.3) is 0 Å². The summed E-state index contributed by atoms with van der Waals surface area (Å²) >= 11 is 2.03. The zero-order valence-electron chi connectivity index (χ0n) is 9.55. The normalized spacial score (nSPS) is 12.1. The third kappa shape index (κ3) is 8.17. The van der Waals surface area contributed by atoms with Crippen LogP contribution >= 0.6 is 11.8 Å². The van der Waals surface area contributed by atoms with Crippen molar-refractivity contribution in [1.82, 2.24) is 0 Å². The first-order valence-electron chi connectivity index (χ1n) is 4.96. The molecule has 1 heteroatoms. The van der Waals surface area contributed by atoms with E-state index in [0.717, 1.165) is 0 Å². The van der Waals surface area contributed by atoms with E-state index >= 15 is 0 Å². The lowest BCUT2D eigenvalue weighted by molar-refractivity contribution is 1.04. The largest absolute Gasteiger partial charge is 0.154 e. The van der Waals surface area contributed by atoms with Crippen LogP contribution in [0.2, 0.25) is 0 Å². The van der Waals surface area contributed by atoms with E-state index in [0.29, 0.717) is 5.25 Å². The lowest BCUT2D eigenvalue weighted by Crippen LogP contribution is -1.98. The molecule has 0 aromatic rings. The van der Waals surface area contributed by atoms with Crippen molar-refractivity contribution in [2.45, 2.75) is 46.3 Å². The van der Waals surface area contributed by atoms with Gasteiger partial charge in [0.05, 0.1) is 0 Å². The van der Waals surface area contributed by atoms with Gasteiger partial charge in [-0.3, -0.25) is 0 Å². The van der Waals surface area contributed by atoms with E-state index in [9.17, 15) is 0 Å². The van der Waals surface area contributed by atoms with Crippen molar-refractivity contribution >= 4 is 11.8 Å². The highest BCUT2D eigenvalue weighted by molar-refractivity contribution is 8.00. The molecule has 0 nitrogen and oxygen atoms in total. The van der Waals surface area contributed by atoms with Gasteiger partial charge in [-0.25, -0.2) is 0 Å². The predicted octanol–water partition coefficient (Wildman–Crippen LogP) is 4.43. The molecule has 0 heterocycles. The van der Waals surface area contributed by atoms with Gasteiger partial charge in [0, 0.05) is 5.25 Å². The van der Waals surface area contributed by atoms with Crippen LogP contribution in [0.1, 0.15) is 41.0 Å². The summed E-state index contributed by atoms with van der Waals surface area (Å²) in [5.74, 6) is 1.20. The maximum Gasteiger partial charge on any atom is 0.0263 e. The summed E-state index contributed by atoms with van der Waals surface area (Å²) in [6, 6.07) is 0. The number of rotatable bonds is 5. The molecule has 0 aliphatic heterocycles. The first-order chi connectivity index (χ1) is 6.06. The van der Waals surface area contributed by atoms with Gasteiger partial charge in [0.15, 0.2) is 0 Å². The van der Waals surface area contributed by atoms with Crippen molar-refractivity contribution in [3.05, 3.63) is 23.3 Å². The summed E-state index contributed by atoms with van der Waals surface area (Å²) in [5, 5.41) is 0.671. The molecule has 0 bridgehead atoms. The molecule has 0 amide bonds. The predicted molar refractivity (Wildman–Crippen MR) is 65.4 cm³/mol. The molecule has 0 aromatic carbocycles. The monoisotopic (exact) mass is 198 g/mol. The summed E-state index contributed by atoms with van der Waals surface area (Å²) < 4.78 is 0. The Morgan fingerprint density at radius 2 is 1.77 bits per heavy atom. The van der Waals surface area contributed by atoms with Crippen LogP contribution in [0.5, 0.6) is 0 Å². The molecule has 0 aliphatic rings. The second kappa shape index (κ2) is 7.25. The second-order valence-corrected chi connectivity index (χ2v) is 5.27. The van der Waals surface area contributed by atoms with Gasteiger partial charge in [0.1, 0.15) is 0 Å². The van der Waals surface area contributed by atoms with Crippen molar-refractivity contribution in [1.29, 1.82) is 0 Å². The first-order valence-corrected chi connectivity index (χ1v) is 6.01. The van der Waals surface area contributed by atoms with Gasteiger partial charge in [-0.05, 0) is 39.9 Å². The number of thioether (sulfide) groups is 1. The van der Waals surface area contributed by atoms with E-state index < -0.39 is 0 Å². The minimum absolute atomic E-state index is 0.671. The van der Waals surface area contributed by atoms with E-state index in [-0.39, 0.29) is 0 Å². The molecule has 0 aliphatic carbocycles. The second-order valence-electron chi connectivity index (χ2n) is 3.75. The summed E-state index contributed by atoms with van der Waals surface area (Å²) in [4.78, 5) is 0. The summed E-state index contributed by atoms with van der Waals surface area (Å²) in [7, 11) is 0. The molecule has 1 unspecified atom stereocenters. The highest BCUT2D eigenvalue weighted by Gasteiger charge is 2.01. The Morgan fingerprint density at radius 1 is 1.15 bits per heavy atom. The Bertz CT molecular complexity index is 181. The molecule has 0 aromatic heterocycles. The van der Waals surface area contributed by atoms with Crippen LogP contribution in [-0.2, 0) is 0 Å². The van der Waals surface area contributed by atoms with Gasteiger partial charge in [-0.2, -0.15) is 11.8 Å². The van der Waals surface area contributed by atoms with Crippen LogP contribution in [0, 0.1) is 0 Å². The molecule has 76 valence electrons. The summed E-state index contributed by atoms with van der Waals surface area (Å²) in [5.41, 5.74) is 2.84. The maximum atomic E-state index is 2.37. The molecule has 0 radical (unpaired) electrons. The van der Waals surface area contributed by atoms with Gasteiger partial charge in [0.2, 0.25) is 0 Å². The van der Waals surface area contributed by atoms with E-state index in [2.05, 4.69) is 46.8 Å². The molecule has 0 saturated heterocycles. The Labute approximate surface area is 87.5 Å². The molecule has 0 fully saturated rings. The molecule has 0 N–H and O–H groups in total. The SMILES string of the molecule is CCSC(C=C(C)C)CC=C(C)C. The topological polar surface area (TPSA) is 0 Å². The van der Waals surface area contributed by atoms with Crippen LogP contribution in [0.15, 0.2) is 23.3 Å². The molecule has 0 rings (SSSR count). The number of hydrogen-bond acceptors (Lipinski definition) is 1. The van der Waals surface area contributed by atoms with E-state index in [1.807, 2.05) is 11.8 Å². The zero-order valence-corrected chi connectivity index (χ0v) is 10.4. The summed E-state index contributed by atoms with van der Waals surface area (Å²) in [6.07, 6.45) is 5.87. The third-order valence-electron chi connectivity index (χ3n) is 1.66. The van der Waals surface area contributed by atoms with E-state index in [4.69, 9.17) is 0 Å². The van der Waals surface area contributed by atoms with Crippen molar-refractivity contribution in [2.24, 2.45) is 0 Å². The standard InChI is InChI=1S/C12H22S/c1-6-13-12(9-11(4)5)8-7-10(2)3/h7,9,12H,6,8H2,1-5H3. The fourth-order valence-electron chi connectivity index (χ4n) is 1.12. The van der Waals surface area contributed by atoms with Crippen LogP contribution in [0.4, 0.5) is 0 Å². The molecular weight excluding hydrogens is 176 g/mol. The van der Waals surface area contributed by atoms with Gasteiger partial charge >= 0.3 is 0 Å². The van der Waals surface area contributed by atoms with Crippen molar-refractivity contribution in [3.63, 3.8) is 0 Å². The van der Waals surface area contributed by atoms with Crippen LogP contribution < -0.4 is 0 Å². The average Bonchev–Trinajstić information content (AvgIpc) is 1.99. The van der Waals surface area contributed by atoms with Gasteiger partial charge < -0.3 is 0 Å². The van der Waals surface area contributed by atoms with Crippen molar-refractivity contribution < 1.29 is 0 Å². The fraction of sp³-hybridized carbons (Fsp3) is 0.667. The zero-order chi connectivity index (χ0) is 10.3. The molecule has 13 heavy (non-hydrogen) atoms. The average molecular weight is 198 g/mol. The molecule has 0 saturated carbocycles. The molecule has 0 spiro atoms. The maximum absolute atomic E-state index is 2.37. The summed E-state index contributed by atoms with van der Waals surface area (Å²) in [6.45, 7) is 10.9. The lowest BCUT2D eigenvalue weighted by Gasteiger charge is -2.09. The minimum atomic E-state index is 0.671. The first kappa shape index (κ1) is 12.8. The van der Waals surface area contributed by atoms with Crippen LogP contribution in [0.3, 0.4) is 0 Å². The van der Waals surface area contributed by atoms with Crippen LogP contribution in [0.25, 0.3) is 0 Å². The Balaban J connectivity index is 4.10. The highest BCUT2D eigenvalue weighted by atomic mass is 32.2. The quantitative estimate of drug-likeness (QED) is 0.589. The Kier molecular flexibility index (Phi) is 7.16.